The van der Waals surface area contributed by atoms with Crippen LogP contribution in [0.1, 0.15) is 5.56 Å². The highest BCUT2D eigenvalue weighted by Crippen LogP contribution is 2.26. The Kier molecular flexibility index (Phi) is 4.37. The van der Waals surface area contributed by atoms with Gasteiger partial charge >= 0.3 is 6.36 Å². The van der Waals surface area contributed by atoms with E-state index in [0.717, 1.165) is 0 Å². The zero-order valence-corrected chi connectivity index (χ0v) is 8.71. The summed E-state index contributed by atoms with van der Waals surface area (Å²) in [4.78, 5) is 0. The molecule has 0 aliphatic rings. The third-order valence-electron chi connectivity index (χ3n) is 1.76. The van der Waals surface area contributed by atoms with Crippen molar-refractivity contribution in [2.45, 2.75) is 6.36 Å². The monoisotopic (exact) mass is 231 g/mol. The molecule has 0 fully saturated rings. The van der Waals surface area contributed by atoms with Crippen LogP contribution in [-0.4, -0.2) is 20.0 Å². The molecule has 0 amide bonds. The second-order valence-corrected chi connectivity index (χ2v) is 3.05. The number of nitrogens with one attached hydrogen (secondary N) is 1. The highest BCUT2D eigenvalue weighted by Gasteiger charge is 2.31. The van der Waals surface area contributed by atoms with E-state index in [9.17, 15) is 13.2 Å². The topological polar surface area (TPSA) is 21.3 Å². The van der Waals surface area contributed by atoms with E-state index in [1.807, 2.05) is 0 Å². The molecule has 0 aromatic heterocycles. The Morgan fingerprint density at radius 1 is 1.31 bits per heavy atom. The van der Waals surface area contributed by atoms with Crippen LogP contribution in [0.4, 0.5) is 13.2 Å². The Labute approximate surface area is 91.7 Å². The van der Waals surface area contributed by atoms with Crippen LogP contribution >= 0.6 is 0 Å². The average Bonchev–Trinajstić information content (AvgIpc) is 2.19. The summed E-state index contributed by atoms with van der Waals surface area (Å²) in [6.45, 7) is 0.584. The first-order chi connectivity index (χ1) is 7.53. The molecule has 0 spiro atoms. The molecule has 5 heteroatoms. The Morgan fingerprint density at radius 3 is 2.62 bits per heavy atom. The lowest BCUT2D eigenvalue weighted by atomic mass is 10.2. The first-order valence-electron chi connectivity index (χ1n) is 4.69. The van der Waals surface area contributed by atoms with Crippen LogP contribution in [0, 0.1) is 0 Å². The van der Waals surface area contributed by atoms with Crippen molar-refractivity contribution >= 4 is 6.08 Å². The van der Waals surface area contributed by atoms with Gasteiger partial charge in [-0.15, -0.1) is 13.2 Å². The smallest absolute Gasteiger partial charge is 0.405 e. The van der Waals surface area contributed by atoms with Gasteiger partial charge in [-0.1, -0.05) is 30.4 Å². The predicted octanol–water partition coefficient (Wildman–Crippen LogP) is 2.82. The molecule has 1 N–H and O–H groups in total. The van der Waals surface area contributed by atoms with E-state index in [1.165, 1.54) is 12.1 Å². The lowest BCUT2D eigenvalue weighted by Crippen LogP contribution is -2.17. The maximum atomic E-state index is 12.1. The van der Waals surface area contributed by atoms with E-state index in [1.54, 1.807) is 31.3 Å². The summed E-state index contributed by atoms with van der Waals surface area (Å²) in [5, 5.41) is 2.86. The molecular weight excluding hydrogens is 219 g/mol. The lowest BCUT2D eigenvalue weighted by Gasteiger charge is -2.10. The van der Waals surface area contributed by atoms with E-state index >= 15 is 0 Å². The molecule has 1 aromatic rings. The molecule has 0 saturated carbocycles. The largest absolute Gasteiger partial charge is 0.573 e. The maximum Gasteiger partial charge on any atom is 0.573 e. The highest BCUT2D eigenvalue weighted by atomic mass is 19.4. The Morgan fingerprint density at radius 2 is 2.00 bits per heavy atom. The van der Waals surface area contributed by atoms with Gasteiger partial charge in [-0.05, 0) is 13.1 Å². The van der Waals surface area contributed by atoms with Gasteiger partial charge < -0.3 is 10.1 Å². The number of hydrogen-bond donors (Lipinski definition) is 1. The van der Waals surface area contributed by atoms with E-state index < -0.39 is 6.36 Å². The number of rotatable bonds is 4. The van der Waals surface area contributed by atoms with Crippen molar-refractivity contribution in [3.8, 4) is 5.75 Å². The van der Waals surface area contributed by atoms with Gasteiger partial charge in [0.05, 0.1) is 0 Å². The van der Waals surface area contributed by atoms with E-state index in [2.05, 4.69) is 10.1 Å². The van der Waals surface area contributed by atoms with Crippen LogP contribution in [0.25, 0.3) is 6.08 Å². The second kappa shape index (κ2) is 5.55. The van der Waals surface area contributed by atoms with Crippen LogP contribution in [0.5, 0.6) is 5.75 Å². The Balaban J connectivity index is 2.83. The summed E-state index contributed by atoms with van der Waals surface area (Å²) in [6.07, 6.45) is -1.36. The molecule has 88 valence electrons. The van der Waals surface area contributed by atoms with Crippen LogP contribution in [-0.2, 0) is 0 Å². The van der Waals surface area contributed by atoms with Gasteiger partial charge in [0.1, 0.15) is 5.75 Å². The number of para-hydroxylation sites is 1. The molecular formula is C11H12F3NO. The van der Waals surface area contributed by atoms with Crippen molar-refractivity contribution in [2.24, 2.45) is 0 Å². The van der Waals surface area contributed by atoms with Crippen LogP contribution < -0.4 is 10.1 Å². The van der Waals surface area contributed by atoms with E-state index in [4.69, 9.17) is 0 Å². The van der Waals surface area contributed by atoms with E-state index in [0.29, 0.717) is 12.1 Å². The number of benzene rings is 1. The first-order valence-corrected chi connectivity index (χ1v) is 4.69. The number of alkyl halides is 3. The molecule has 0 aliphatic carbocycles. The predicted molar refractivity (Wildman–Crippen MR) is 56.1 cm³/mol. The molecule has 2 nitrogen and oxygen atoms in total. The summed E-state index contributed by atoms with van der Waals surface area (Å²) in [5.41, 5.74) is 0.398. The fraction of sp³-hybridized carbons (Fsp3) is 0.273. The summed E-state index contributed by atoms with van der Waals surface area (Å²) in [7, 11) is 1.75. The molecule has 1 rings (SSSR count). The minimum Gasteiger partial charge on any atom is -0.405 e. The fourth-order valence-electron chi connectivity index (χ4n) is 1.14. The second-order valence-electron chi connectivity index (χ2n) is 3.05. The minimum absolute atomic E-state index is 0.192. The molecule has 0 saturated heterocycles. The third-order valence-corrected chi connectivity index (χ3v) is 1.76. The molecule has 0 aliphatic heterocycles. The van der Waals surface area contributed by atoms with Crippen molar-refractivity contribution in [2.75, 3.05) is 13.6 Å². The minimum atomic E-state index is -4.66. The number of likely N-dealkylation sites (N-methyl/N-ethyl adjacent to an activating group) is 1. The molecule has 0 radical (unpaired) electrons. The van der Waals surface area contributed by atoms with E-state index in [-0.39, 0.29) is 5.75 Å². The van der Waals surface area contributed by atoms with Crippen molar-refractivity contribution in [3.63, 3.8) is 0 Å². The molecule has 0 atom stereocenters. The van der Waals surface area contributed by atoms with Gasteiger partial charge in [-0.3, -0.25) is 0 Å². The van der Waals surface area contributed by atoms with Crippen LogP contribution in [0.3, 0.4) is 0 Å². The third kappa shape index (κ3) is 4.35. The van der Waals surface area contributed by atoms with Crippen molar-refractivity contribution < 1.29 is 17.9 Å². The molecule has 1 aromatic carbocycles. The molecule has 0 unspecified atom stereocenters. The summed E-state index contributed by atoms with van der Waals surface area (Å²) < 4.78 is 40.0. The standard InChI is InChI=1S/C11H12F3NO/c1-15-8-4-6-9-5-2-3-7-10(9)16-11(12,13)14/h2-7,15H,8H2,1H3. The molecule has 0 heterocycles. The average molecular weight is 231 g/mol. The summed E-state index contributed by atoms with van der Waals surface area (Å²) in [6, 6.07) is 6.00. The zero-order valence-electron chi connectivity index (χ0n) is 8.71. The lowest BCUT2D eigenvalue weighted by molar-refractivity contribution is -0.274. The van der Waals surface area contributed by atoms with Gasteiger partial charge in [-0.2, -0.15) is 0 Å². The Bertz CT molecular complexity index is 360. The quantitative estimate of drug-likeness (QED) is 0.860. The van der Waals surface area contributed by atoms with Gasteiger partial charge in [0.25, 0.3) is 0 Å². The fourth-order valence-corrected chi connectivity index (χ4v) is 1.14. The number of ether oxygens (including phenoxy) is 1. The molecule has 0 bridgehead atoms. The van der Waals surface area contributed by atoms with Crippen molar-refractivity contribution in [1.29, 1.82) is 0 Å². The number of hydrogen-bond acceptors (Lipinski definition) is 2. The van der Waals surface area contributed by atoms with Crippen LogP contribution in [0.15, 0.2) is 30.3 Å². The number of halogens is 3. The normalized spacial score (nSPS) is 12.0. The zero-order chi connectivity index (χ0) is 12.0. The SMILES string of the molecule is CNCC=Cc1ccccc1OC(F)(F)F. The summed E-state index contributed by atoms with van der Waals surface area (Å²) >= 11 is 0. The van der Waals surface area contributed by atoms with Crippen molar-refractivity contribution in [1.82, 2.24) is 5.32 Å². The van der Waals surface area contributed by atoms with Gasteiger partial charge in [0.15, 0.2) is 0 Å². The summed E-state index contributed by atoms with van der Waals surface area (Å²) in [5.74, 6) is -0.192. The maximum absolute atomic E-state index is 12.1. The van der Waals surface area contributed by atoms with Gasteiger partial charge in [0.2, 0.25) is 0 Å². The van der Waals surface area contributed by atoms with Crippen LogP contribution in [0.2, 0.25) is 0 Å². The highest BCUT2D eigenvalue weighted by molar-refractivity contribution is 5.57. The first kappa shape index (κ1) is 12.6. The van der Waals surface area contributed by atoms with Gasteiger partial charge in [0, 0.05) is 12.1 Å². The van der Waals surface area contributed by atoms with Gasteiger partial charge in [-0.25, -0.2) is 0 Å². The molecule has 16 heavy (non-hydrogen) atoms. The Hall–Kier alpha value is -1.49. The van der Waals surface area contributed by atoms with Crippen molar-refractivity contribution in [3.05, 3.63) is 35.9 Å².